The van der Waals surface area contributed by atoms with Gasteiger partial charge < -0.3 is 14.4 Å². The number of carbonyl (C=O) groups is 1. The van der Waals surface area contributed by atoms with E-state index in [0.717, 1.165) is 12.8 Å². The first-order chi connectivity index (χ1) is 9.15. The maximum absolute atomic E-state index is 12.2. The summed E-state index contributed by atoms with van der Waals surface area (Å²) < 4.78 is 7.08. The topological polar surface area (TPSA) is 73.0 Å². The first-order valence-corrected chi connectivity index (χ1v) is 6.43. The van der Waals surface area contributed by atoms with Gasteiger partial charge in [-0.3, -0.25) is 4.79 Å². The second-order valence-corrected chi connectivity index (χ2v) is 4.91. The van der Waals surface area contributed by atoms with Gasteiger partial charge in [-0.05, 0) is 38.8 Å². The Kier molecular flexibility index (Phi) is 2.85. The number of hydrogen-bond acceptors (Lipinski definition) is 4. The minimum atomic E-state index is -0.295. The lowest BCUT2D eigenvalue weighted by Crippen LogP contribution is -2.28. The second-order valence-electron chi connectivity index (χ2n) is 4.91. The third-order valence-electron chi connectivity index (χ3n) is 3.21. The standard InChI is InChI=1S/C13H16N4O2/c1-8(13-15-9(2)16-19-13)14-12(18)11-4-3-7-17(11)10-5-6-10/h3-4,7-8,10H,5-6H2,1-2H3,(H,14,18). The highest BCUT2D eigenvalue weighted by Crippen LogP contribution is 2.36. The zero-order valence-electron chi connectivity index (χ0n) is 11.0. The van der Waals surface area contributed by atoms with Gasteiger partial charge in [0.25, 0.3) is 5.91 Å². The van der Waals surface area contributed by atoms with Crippen molar-refractivity contribution < 1.29 is 9.32 Å². The molecule has 1 amide bonds. The van der Waals surface area contributed by atoms with Gasteiger partial charge in [-0.2, -0.15) is 4.98 Å². The van der Waals surface area contributed by atoms with Crippen molar-refractivity contribution in [3.63, 3.8) is 0 Å². The van der Waals surface area contributed by atoms with Gasteiger partial charge in [0.05, 0.1) is 0 Å². The molecule has 19 heavy (non-hydrogen) atoms. The Bertz CT molecular complexity index is 597. The minimum Gasteiger partial charge on any atom is -0.340 e. The third kappa shape index (κ3) is 2.38. The van der Waals surface area contributed by atoms with E-state index in [-0.39, 0.29) is 11.9 Å². The van der Waals surface area contributed by atoms with Crippen molar-refractivity contribution in [2.24, 2.45) is 0 Å². The molecular weight excluding hydrogens is 244 g/mol. The minimum absolute atomic E-state index is 0.111. The molecule has 1 aliphatic rings. The van der Waals surface area contributed by atoms with Crippen LogP contribution in [0.15, 0.2) is 22.9 Å². The van der Waals surface area contributed by atoms with Gasteiger partial charge in [-0.25, -0.2) is 0 Å². The van der Waals surface area contributed by atoms with Crippen molar-refractivity contribution in [1.29, 1.82) is 0 Å². The van der Waals surface area contributed by atoms with E-state index in [1.807, 2.05) is 29.8 Å². The van der Waals surface area contributed by atoms with E-state index in [0.29, 0.717) is 23.5 Å². The summed E-state index contributed by atoms with van der Waals surface area (Å²) >= 11 is 0. The van der Waals surface area contributed by atoms with Crippen LogP contribution in [0.25, 0.3) is 0 Å². The SMILES string of the molecule is Cc1noc(C(C)NC(=O)c2cccn2C2CC2)n1. The highest BCUT2D eigenvalue weighted by atomic mass is 16.5. The van der Waals surface area contributed by atoms with Crippen LogP contribution in [0.2, 0.25) is 0 Å². The molecule has 1 fully saturated rings. The molecule has 3 rings (SSSR count). The van der Waals surface area contributed by atoms with Gasteiger partial charge >= 0.3 is 0 Å². The van der Waals surface area contributed by atoms with Crippen LogP contribution in [0.3, 0.4) is 0 Å². The molecule has 1 atom stereocenters. The lowest BCUT2D eigenvalue weighted by Gasteiger charge is -2.11. The van der Waals surface area contributed by atoms with Crippen LogP contribution in [0.1, 0.15) is 54.1 Å². The number of nitrogens with one attached hydrogen (secondary N) is 1. The lowest BCUT2D eigenvalue weighted by molar-refractivity contribution is 0.0923. The second kappa shape index (κ2) is 4.53. The number of amides is 1. The summed E-state index contributed by atoms with van der Waals surface area (Å²) in [5, 5.41) is 6.60. The molecular formula is C13H16N4O2. The van der Waals surface area contributed by atoms with Crippen LogP contribution < -0.4 is 5.32 Å². The van der Waals surface area contributed by atoms with Gasteiger partial charge in [0.2, 0.25) is 5.89 Å². The van der Waals surface area contributed by atoms with Gasteiger partial charge in [0.1, 0.15) is 11.7 Å². The number of nitrogens with zero attached hydrogens (tertiary/aromatic N) is 3. The number of rotatable bonds is 4. The van der Waals surface area contributed by atoms with Crippen LogP contribution in [0, 0.1) is 6.92 Å². The van der Waals surface area contributed by atoms with E-state index >= 15 is 0 Å². The van der Waals surface area contributed by atoms with Crippen molar-refractivity contribution >= 4 is 5.91 Å². The van der Waals surface area contributed by atoms with Crippen LogP contribution in [0.4, 0.5) is 0 Å². The van der Waals surface area contributed by atoms with Crippen molar-refractivity contribution in [2.45, 2.75) is 38.8 Å². The maximum atomic E-state index is 12.2. The van der Waals surface area contributed by atoms with E-state index < -0.39 is 0 Å². The van der Waals surface area contributed by atoms with Crippen molar-refractivity contribution in [2.75, 3.05) is 0 Å². The predicted octanol–water partition coefficient (Wildman–Crippen LogP) is 2.01. The van der Waals surface area contributed by atoms with Crippen LogP contribution in [-0.2, 0) is 0 Å². The fourth-order valence-corrected chi connectivity index (χ4v) is 2.08. The summed E-state index contributed by atoms with van der Waals surface area (Å²) in [7, 11) is 0. The van der Waals surface area contributed by atoms with E-state index in [2.05, 4.69) is 15.5 Å². The molecule has 2 aromatic heterocycles. The molecule has 0 saturated heterocycles. The van der Waals surface area contributed by atoms with Crippen molar-refractivity contribution in [1.82, 2.24) is 20.0 Å². The smallest absolute Gasteiger partial charge is 0.268 e. The maximum Gasteiger partial charge on any atom is 0.268 e. The van der Waals surface area contributed by atoms with Crippen LogP contribution >= 0.6 is 0 Å². The molecule has 0 aliphatic heterocycles. The highest BCUT2D eigenvalue weighted by Gasteiger charge is 2.27. The molecule has 1 N–H and O–H groups in total. The molecule has 6 heteroatoms. The first-order valence-electron chi connectivity index (χ1n) is 6.43. The molecule has 0 radical (unpaired) electrons. The fraction of sp³-hybridized carbons (Fsp3) is 0.462. The average molecular weight is 260 g/mol. The molecule has 0 bridgehead atoms. The summed E-state index contributed by atoms with van der Waals surface area (Å²) in [5.74, 6) is 0.882. The zero-order valence-corrected chi connectivity index (χ0v) is 11.0. The summed E-state index contributed by atoms with van der Waals surface area (Å²) in [5.41, 5.74) is 0.686. The Labute approximate surface area is 110 Å². The molecule has 0 spiro atoms. The van der Waals surface area contributed by atoms with E-state index in [1.54, 1.807) is 6.92 Å². The number of aromatic nitrogens is 3. The summed E-state index contributed by atoms with van der Waals surface area (Å²) in [4.78, 5) is 16.3. The van der Waals surface area contributed by atoms with Crippen LogP contribution in [-0.4, -0.2) is 20.6 Å². The summed E-state index contributed by atoms with van der Waals surface area (Å²) in [6, 6.07) is 3.92. The molecule has 1 aliphatic carbocycles. The molecule has 2 heterocycles. The fourth-order valence-electron chi connectivity index (χ4n) is 2.08. The normalized spacial score (nSPS) is 16.3. The van der Waals surface area contributed by atoms with Crippen LogP contribution in [0.5, 0.6) is 0 Å². The van der Waals surface area contributed by atoms with Gasteiger partial charge in [0, 0.05) is 12.2 Å². The van der Waals surface area contributed by atoms with Crippen molar-refractivity contribution in [3.05, 3.63) is 35.7 Å². The Morgan fingerprint density at radius 2 is 2.37 bits per heavy atom. The highest BCUT2D eigenvalue weighted by molar-refractivity contribution is 5.93. The van der Waals surface area contributed by atoms with E-state index in [9.17, 15) is 4.79 Å². The number of carbonyl (C=O) groups excluding carboxylic acids is 1. The Morgan fingerprint density at radius 3 is 3.00 bits per heavy atom. The molecule has 1 saturated carbocycles. The van der Waals surface area contributed by atoms with Gasteiger partial charge in [0.15, 0.2) is 5.82 Å². The van der Waals surface area contributed by atoms with Crippen molar-refractivity contribution in [3.8, 4) is 0 Å². The molecule has 1 unspecified atom stereocenters. The number of aryl methyl sites for hydroxylation is 1. The molecule has 2 aromatic rings. The first kappa shape index (κ1) is 12.0. The summed E-state index contributed by atoms with van der Waals surface area (Å²) in [6.07, 6.45) is 4.24. The monoisotopic (exact) mass is 260 g/mol. The quantitative estimate of drug-likeness (QED) is 0.912. The predicted molar refractivity (Wildman–Crippen MR) is 67.6 cm³/mol. The Morgan fingerprint density at radius 1 is 1.58 bits per heavy atom. The average Bonchev–Trinajstić information content (AvgIpc) is 2.94. The Balaban J connectivity index is 1.72. The molecule has 100 valence electrons. The van der Waals surface area contributed by atoms with E-state index in [4.69, 9.17) is 4.52 Å². The largest absolute Gasteiger partial charge is 0.340 e. The molecule has 6 nitrogen and oxygen atoms in total. The Hall–Kier alpha value is -2.11. The zero-order chi connectivity index (χ0) is 13.4. The lowest BCUT2D eigenvalue weighted by atomic mass is 10.3. The van der Waals surface area contributed by atoms with Gasteiger partial charge in [-0.1, -0.05) is 5.16 Å². The van der Waals surface area contributed by atoms with E-state index in [1.165, 1.54) is 0 Å². The number of hydrogen-bond donors (Lipinski definition) is 1. The van der Waals surface area contributed by atoms with Gasteiger partial charge in [-0.15, -0.1) is 0 Å². The molecule has 0 aromatic carbocycles. The summed E-state index contributed by atoms with van der Waals surface area (Å²) in [6.45, 7) is 3.58. The third-order valence-corrected chi connectivity index (χ3v) is 3.21.